The molecule has 0 radical (unpaired) electrons. The number of nitro groups is 1. The molecule has 1 aromatic carbocycles. The third kappa shape index (κ3) is 4.02. The van der Waals surface area contributed by atoms with Gasteiger partial charge in [0, 0.05) is 13.1 Å². The van der Waals surface area contributed by atoms with Crippen LogP contribution in [0.15, 0.2) is 30.3 Å². The Kier molecular flexibility index (Phi) is 5.58. The lowest BCUT2D eigenvalue weighted by Crippen LogP contribution is -2.41. The number of aryl methyl sites for hydroxylation is 1. The minimum Gasteiger partial charge on any atom is -0.341 e. The van der Waals surface area contributed by atoms with Crippen molar-refractivity contribution in [3.8, 4) is 0 Å². The molecule has 1 aliphatic rings. The topological polar surface area (TPSA) is 81.3 Å². The van der Waals surface area contributed by atoms with Gasteiger partial charge < -0.3 is 4.90 Å². The Bertz CT molecular complexity index is 823. The van der Waals surface area contributed by atoms with Gasteiger partial charge in [-0.05, 0) is 51.0 Å². The molecule has 0 spiro atoms. The molecule has 7 heteroatoms. The standard InChI is InChI=1S/C20H26N4O3/c1-14-20(24(26)27)15(2)23(21-14)13-19(25)22(3)18-11-9-17(10-12-18)16-7-5-4-6-8-16/h4-8,17-18H,9-13H2,1-3H3. The van der Waals surface area contributed by atoms with E-state index in [9.17, 15) is 14.9 Å². The molecule has 2 aromatic rings. The first-order valence-corrected chi connectivity index (χ1v) is 9.37. The normalized spacial score (nSPS) is 19.7. The molecule has 1 heterocycles. The number of carbonyl (C=O) groups is 1. The van der Waals surface area contributed by atoms with E-state index < -0.39 is 4.92 Å². The van der Waals surface area contributed by atoms with Crippen molar-refractivity contribution < 1.29 is 9.72 Å². The Balaban J connectivity index is 1.60. The number of hydrogen-bond acceptors (Lipinski definition) is 4. The summed E-state index contributed by atoms with van der Waals surface area (Å²) in [5.74, 6) is 0.503. The lowest BCUT2D eigenvalue weighted by molar-refractivity contribution is -0.386. The first-order chi connectivity index (χ1) is 12.9. The SMILES string of the molecule is Cc1nn(CC(=O)N(C)C2CCC(c3ccccc3)CC2)c(C)c1[N+](=O)[O-]. The van der Waals surface area contributed by atoms with Crippen molar-refractivity contribution in [3.63, 3.8) is 0 Å². The molecule has 1 aromatic heterocycles. The van der Waals surface area contributed by atoms with E-state index >= 15 is 0 Å². The van der Waals surface area contributed by atoms with E-state index in [1.165, 1.54) is 10.2 Å². The van der Waals surface area contributed by atoms with Crippen LogP contribution >= 0.6 is 0 Å². The van der Waals surface area contributed by atoms with Gasteiger partial charge in [0.2, 0.25) is 5.91 Å². The van der Waals surface area contributed by atoms with E-state index in [0.29, 0.717) is 17.3 Å². The Morgan fingerprint density at radius 2 is 1.85 bits per heavy atom. The molecule has 1 aliphatic carbocycles. The van der Waals surface area contributed by atoms with Crippen LogP contribution in [0, 0.1) is 24.0 Å². The number of rotatable bonds is 5. The molecule has 1 fully saturated rings. The monoisotopic (exact) mass is 370 g/mol. The van der Waals surface area contributed by atoms with Crippen LogP contribution in [0.5, 0.6) is 0 Å². The zero-order valence-electron chi connectivity index (χ0n) is 16.1. The van der Waals surface area contributed by atoms with Crippen LogP contribution in [0.4, 0.5) is 5.69 Å². The Morgan fingerprint density at radius 3 is 2.41 bits per heavy atom. The summed E-state index contributed by atoms with van der Waals surface area (Å²) in [5.41, 5.74) is 2.14. The summed E-state index contributed by atoms with van der Waals surface area (Å²) in [4.78, 5) is 25.2. The van der Waals surface area contributed by atoms with Crippen LogP contribution in [0.2, 0.25) is 0 Å². The first-order valence-electron chi connectivity index (χ1n) is 9.37. The van der Waals surface area contributed by atoms with Crippen molar-refractivity contribution in [1.82, 2.24) is 14.7 Å². The number of carbonyl (C=O) groups excluding carboxylic acids is 1. The van der Waals surface area contributed by atoms with E-state index in [0.717, 1.165) is 25.7 Å². The Morgan fingerprint density at radius 1 is 1.22 bits per heavy atom. The fourth-order valence-corrected chi connectivity index (χ4v) is 4.07. The minimum absolute atomic E-state index is 0.00572. The second-order valence-corrected chi connectivity index (χ2v) is 7.35. The van der Waals surface area contributed by atoms with Crippen molar-refractivity contribution in [2.75, 3.05) is 7.05 Å². The van der Waals surface area contributed by atoms with Gasteiger partial charge in [-0.3, -0.25) is 19.6 Å². The lowest BCUT2D eigenvalue weighted by Gasteiger charge is -2.35. The highest BCUT2D eigenvalue weighted by atomic mass is 16.6. The van der Waals surface area contributed by atoms with Gasteiger partial charge in [-0.15, -0.1) is 0 Å². The second-order valence-electron chi connectivity index (χ2n) is 7.35. The third-order valence-electron chi connectivity index (χ3n) is 5.72. The average Bonchev–Trinajstić information content (AvgIpc) is 2.95. The van der Waals surface area contributed by atoms with Gasteiger partial charge in [-0.1, -0.05) is 30.3 Å². The highest BCUT2D eigenvalue weighted by Gasteiger charge is 2.29. The first kappa shape index (κ1) is 19.1. The van der Waals surface area contributed by atoms with E-state index in [2.05, 4.69) is 29.4 Å². The molecule has 0 bridgehead atoms. The van der Waals surface area contributed by atoms with Gasteiger partial charge in [-0.25, -0.2) is 0 Å². The number of aromatic nitrogens is 2. The van der Waals surface area contributed by atoms with E-state index in [1.807, 2.05) is 13.1 Å². The van der Waals surface area contributed by atoms with Crippen LogP contribution in [-0.2, 0) is 11.3 Å². The van der Waals surface area contributed by atoms with Gasteiger partial charge in [0.1, 0.15) is 17.9 Å². The third-order valence-corrected chi connectivity index (χ3v) is 5.72. The number of hydrogen-bond donors (Lipinski definition) is 0. The molecule has 0 unspecified atom stereocenters. The summed E-state index contributed by atoms with van der Waals surface area (Å²) in [6.45, 7) is 3.27. The summed E-state index contributed by atoms with van der Waals surface area (Å²) in [6.07, 6.45) is 4.08. The molecule has 27 heavy (non-hydrogen) atoms. The summed E-state index contributed by atoms with van der Waals surface area (Å²) in [6, 6.07) is 10.7. The van der Waals surface area contributed by atoms with Gasteiger partial charge in [-0.2, -0.15) is 5.10 Å². The maximum Gasteiger partial charge on any atom is 0.312 e. The molecule has 0 aliphatic heterocycles. The zero-order chi connectivity index (χ0) is 19.6. The van der Waals surface area contributed by atoms with Crippen molar-refractivity contribution in [3.05, 3.63) is 57.4 Å². The smallest absolute Gasteiger partial charge is 0.312 e. The molecule has 0 saturated heterocycles. The van der Waals surface area contributed by atoms with Crippen LogP contribution < -0.4 is 0 Å². The largest absolute Gasteiger partial charge is 0.341 e. The minimum atomic E-state index is -0.437. The highest BCUT2D eigenvalue weighted by Crippen LogP contribution is 2.34. The predicted molar refractivity (Wildman–Crippen MR) is 103 cm³/mol. The maximum atomic E-state index is 12.7. The Hall–Kier alpha value is -2.70. The fourth-order valence-electron chi connectivity index (χ4n) is 4.07. The Labute approximate surface area is 159 Å². The predicted octanol–water partition coefficient (Wildman–Crippen LogP) is 3.59. The van der Waals surface area contributed by atoms with Gasteiger partial charge >= 0.3 is 5.69 Å². The molecule has 1 amide bonds. The summed E-state index contributed by atoms with van der Waals surface area (Å²) in [7, 11) is 1.83. The van der Waals surface area contributed by atoms with Crippen molar-refractivity contribution in [1.29, 1.82) is 0 Å². The van der Waals surface area contributed by atoms with E-state index in [-0.39, 0.29) is 24.2 Å². The molecular formula is C20H26N4O3. The van der Waals surface area contributed by atoms with Crippen LogP contribution in [-0.4, -0.2) is 38.6 Å². The molecule has 0 atom stereocenters. The molecule has 1 saturated carbocycles. The van der Waals surface area contributed by atoms with Crippen LogP contribution in [0.25, 0.3) is 0 Å². The molecule has 3 rings (SSSR count). The van der Waals surface area contributed by atoms with Crippen LogP contribution in [0.1, 0.15) is 48.6 Å². The number of amides is 1. The molecule has 144 valence electrons. The van der Waals surface area contributed by atoms with Crippen molar-refractivity contribution in [2.24, 2.45) is 0 Å². The zero-order valence-corrected chi connectivity index (χ0v) is 16.1. The van der Waals surface area contributed by atoms with Crippen molar-refractivity contribution in [2.45, 2.75) is 58.0 Å². The molecular weight excluding hydrogens is 344 g/mol. The summed E-state index contributed by atoms with van der Waals surface area (Å²) in [5, 5.41) is 15.3. The molecule has 7 nitrogen and oxygen atoms in total. The molecule has 0 N–H and O–H groups in total. The van der Waals surface area contributed by atoms with Crippen LogP contribution in [0.3, 0.4) is 0 Å². The van der Waals surface area contributed by atoms with Gasteiger partial charge in [0.15, 0.2) is 0 Å². The number of likely N-dealkylation sites (N-methyl/N-ethyl adjacent to an activating group) is 1. The van der Waals surface area contributed by atoms with Crippen molar-refractivity contribution >= 4 is 11.6 Å². The second kappa shape index (κ2) is 7.90. The summed E-state index contributed by atoms with van der Waals surface area (Å²) < 4.78 is 1.45. The summed E-state index contributed by atoms with van der Waals surface area (Å²) >= 11 is 0. The highest BCUT2D eigenvalue weighted by molar-refractivity contribution is 5.76. The maximum absolute atomic E-state index is 12.7. The fraction of sp³-hybridized carbons (Fsp3) is 0.500. The quantitative estimate of drug-likeness (QED) is 0.595. The number of benzene rings is 1. The van der Waals surface area contributed by atoms with E-state index in [4.69, 9.17) is 0 Å². The van der Waals surface area contributed by atoms with Gasteiger partial charge in [0.25, 0.3) is 0 Å². The average molecular weight is 370 g/mol. The van der Waals surface area contributed by atoms with E-state index in [1.54, 1.807) is 18.7 Å². The lowest BCUT2D eigenvalue weighted by atomic mass is 9.81. The van der Waals surface area contributed by atoms with Gasteiger partial charge in [0.05, 0.1) is 4.92 Å². The number of nitrogens with zero attached hydrogens (tertiary/aromatic N) is 4.